The van der Waals surface area contributed by atoms with Gasteiger partial charge in [0.2, 0.25) is 20.5 Å². The highest BCUT2D eigenvalue weighted by atomic mass is 32.2. The van der Waals surface area contributed by atoms with E-state index in [1.165, 1.54) is 16.4 Å². The van der Waals surface area contributed by atoms with Crippen molar-refractivity contribution in [3.8, 4) is 0 Å². The van der Waals surface area contributed by atoms with Crippen LogP contribution in [-0.4, -0.2) is 39.8 Å². The van der Waals surface area contributed by atoms with Crippen molar-refractivity contribution in [2.24, 2.45) is 7.05 Å². The van der Waals surface area contributed by atoms with Crippen molar-refractivity contribution < 1.29 is 26.0 Å². The number of hydrogen-bond donors (Lipinski definition) is 0. The molecule has 2 aromatic carbocycles. The maximum absolute atomic E-state index is 12.0. The van der Waals surface area contributed by atoms with E-state index >= 15 is 0 Å². The van der Waals surface area contributed by atoms with Crippen molar-refractivity contribution in [2.75, 3.05) is 14.1 Å². The standard InChI is InChI=1S/C11H15N2O2S2.C7H8O3S/c1-8-13(4)10-6-5-9(7-11(10)16-8)17(14,15)12(2)3;1-6-2-4-7(5-3-6)11(8,9)10/h5-7H,1-4H3;2-5H,1H3,(H,8,9,10)/q+1;/p-1. The Kier molecular flexibility index (Phi) is 6.62. The lowest BCUT2D eigenvalue weighted by Gasteiger charge is -2.10. The van der Waals surface area contributed by atoms with Crippen LogP contribution in [0.2, 0.25) is 0 Å². The monoisotopic (exact) mass is 442 g/mol. The maximum atomic E-state index is 12.0. The first-order chi connectivity index (χ1) is 12.8. The zero-order valence-electron chi connectivity index (χ0n) is 16.2. The Balaban J connectivity index is 0.000000221. The predicted octanol–water partition coefficient (Wildman–Crippen LogP) is 2.18. The van der Waals surface area contributed by atoms with Gasteiger partial charge in [0.25, 0.3) is 0 Å². The molecule has 0 atom stereocenters. The van der Waals surface area contributed by atoms with E-state index in [4.69, 9.17) is 0 Å². The summed E-state index contributed by atoms with van der Waals surface area (Å²) in [4.78, 5) is 0.167. The Morgan fingerprint density at radius 2 is 1.46 bits per heavy atom. The first-order valence-electron chi connectivity index (χ1n) is 8.18. The van der Waals surface area contributed by atoms with E-state index in [-0.39, 0.29) is 4.90 Å². The molecular weight excluding hydrogens is 420 g/mol. The van der Waals surface area contributed by atoms with E-state index in [9.17, 15) is 21.4 Å². The molecule has 0 unspecified atom stereocenters. The highest BCUT2D eigenvalue weighted by Crippen LogP contribution is 2.24. The van der Waals surface area contributed by atoms with Crippen LogP contribution in [0.25, 0.3) is 10.2 Å². The van der Waals surface area contributed by atoms with Crippen molar-refractivity contribution in [1.29, 1.82) is 0 Å². The van der Waals surface area contributed by atoms with Gasteiger partial charge in [0.1, 0.15) is 21.9 Å². The minimum atomic E-state index is -4.27. The number of benzene rings is 2. The van der Waals surface area contributed by atoms with Crippen LogP contribution in [0.1, 0.15) is 10.6 Å². The number of fused-ring (bicyclic) bond motifs is 1. The number of rotatable bonds is 3. The Bertz CT molecular complexity index is 1200. The third kappa shape index (κ3) is 4.95. The Hall–Kier alpha value is -1.85. The second-order valence-electron chi connectivity index (χ2n) is 6.36. The van der Waals surface area contributed by atoms with E-state index in [0.717, 1.165) is 20.8 Å². The van der Waals surface area contributed by atoms with Crippen molar-refractivity contribution >= 4 is 41.7 Å². The second-order valence-corrected chi connectivity index (χ2v) is 11.1. The third-order valence-electron chi connectivity index (χ3n) is 4.11. The highest BCUT2D eigenvalue weighted by Gasteiger charge is 2.20. The van der Waals surface area contributed by atoms with Crippen LogP contribution in [0.4, 0.5) is 0 Å². The highest BCUT2D eigenvalue weighted by molar-refractivity contribution is 7.89. The lowest BCUT2D eigenvalue weighted by Crippen LogP contribution is -2.28. The summed E-state index contributed by atoms with van der Waals surface area (Å²) in [6, 6.07) is 11.0. The van der Waals surface area contributed by atoms with Crippen LogP contribution in [0.3, 0.4) is 0 Å². The largest absolute Gasteiger partial charge is 0.744 e. The fourth-order valence-electron chi connectivity index (χ4n) is 2.33. The van der Waals surface area contributed by atoms with Crippen LogP contribution in [-0.2, 0) is 27.2 Å². The average molecular weight is 443 g/mol. The van der Waals surface area contributed by atoms with E-state index in [2.05, 4.69) is 4.57 Å². The van der Waals surface area contributed by atoms with Crippen LogP contribution >= 0.6 is 11.3 Å². The summed E-state index contributed by atoms with van der Waals surface area (Å²) < 4.78 is 59.4. The molecule has 0 aliphatic heterocycles. The quantitative estimate of drug-likeness (QED) is 0.457. The molecule has 1 aromatic heterocycles. The summed E-state index contributed by atoms with van der Waals surface area (Å²) in [6.07, 6.45) is 0. The van der Waals surface area contributed by atoms with Gasteiger partial charge in [-0.3, -0.25) is 0 Å². The number of nitrogens with zero attached hydrogens (tertiary/aromatic N) is 2. The third-order valence-corrected chi connectivity index (χ3v) is 7.89. The molecule has 0 bridgehead atoms. The van der Waals surface area contributed by atoms with Gasteiger partial charge >= 0.3 is 0 Å². The maximum Gasteiger partial charge on any atom is 0.242 e. The fraction of sp³-hybridized carbons (Fsp3) is 0.278. The molecule has 1 heterocycles. The topological polar surface area (TPSA) is 98.5 Å². The van der Waals surface area contributed by atoms with Gasteiger partial charge in [-0.1, -0.05) is 29.0 Å². The predicted molar refractivity (Wildman–Crippen MR) is 108 cm³/mol. The van der Waals surface area contributed by atoms with Crippen LogP contribution in [0, 0.1) is 13.8 Å². The summed E-state index contributed by atoms with van der Waals surface area (Å²) in [5.74, 6) is 0. The summed E-state index contributed by atoms with van der Waals surface area (Å²) in [6.45, 7) is 3.84. The van der Waals surface area contributed by atoms with Crippen molar-refractivity contribution in [1.82, 2.24) is 4.31 Å². The molecule has 152 valence electrons. The van der Waals surface area contributed by atoms with Crippen LogP contribution in [0.15, 0.2) is 52.3 Å². The molecule has 3 aromatic rings. The first-order valence-corrected chi connectivity index (χ1v) is 11.8. The molecule has 0 N–H and O–H groups in total. The zero-order chi connectivity index (χ0) is 21.3. The molecule has 0 radical (unpaired) electrons. The Morgan fingerprint density at radius 3 is 1.96 bits per heavy atom. The van der Waals surface area contributed by atoms with E-state index in [0.29, 0.717) is 4.90 Å². The van der Waals surface area contributed by atoms with Gasteiger partial charge < -0.3 is 4.55 Å². The smallest absolute Gasteiger partial charge is 0.242 e. The molecule has 3 rings (SSSR count). The summed E-state index contributed by atoms with van der Waals surface area (Å²) >= 11 is 1.60. The molecule has 0 aliphatic carbocycles. The van der Waals surface area contributed by atoms with Gasteiger partial charge in [0.15, 0.2) is 0 Å². The van der Waals surface area contributed by atoms with Gasteiger partial charge in [0, 0.05) is 27.1 Å². The van der Waals surface area contributed by atoms with Gasteiger partial charge in [-0.05, 0) is 31.2 Å². The molecule has 28 heavy (non-hydrogen) atoms. The number of thiazole rings is 1. The normalized spacial score (nSPS) is 12.1. The Morgan fingerprint density at radius 1 is 0.929 bits per heavy atom. The van der Waals surface area contributed by atoms with E-state index in [1.807, 2.05) is 27.0 Å². The lowest BCUT2D eigenvalue weighted by molar-refractivity contribution is -0.646. The molecule has 0 fully saturated rings. The molecule has 0 saturated heterocycles. The summed E-state index contributed by atoms with van der Waals surface area (Å²) in [5.41, 5.74) is 1.99. The molecule has 7 nitrogen and oxygen atoms in total. The molecule has 0 amide bonds. The number of aromatic nitrogens is 1. The molecular formula is C18H22N2O5S3. The molecule has 0 aliphatic rings. The van der Waals surface area contributed by atoms with Crippen molar-refractivity contribution in [2.45, 2.75) is 23.6 Å². The summed E-state index contributed by atoms with van der Waals surface area (Å²) in [7, 11) is -2.55. The lowest BCUT2D eigenvalue weighted by atomic mass is 10.2. The van der Waals surface area contributed by atoms with Crippen molar-refractivity contribution in [3.63, 3.8) is 0 Å². The number of sulfonamides is 1. The molecule has 0 saturated carbocycles. The van der Waals surface area contributed by atoms with E-state index in [1.54, 1.807) is 49.7 Å². The van der Waals surface area contributed by atoms with Crippen LogP contribution < -0.4 is 4.57 Å². The number of aryl methyl sites for hydroxylation is 3. The molecule has 10 heteroatoms. The minimum absolute atomic E-state index is 0.178. The van der Waals surface area contributed by atoms with Crippen LogP contribution in [0.5, 0.6) is 0 Å². The molecule has 0 spiro atoms. The van der Waals surface area contributed by atoms with Gasteiger partial charge in [0.05, 0.1) is 9.79 Å². The van der Waals surface area contributed by atoms with E-state index < -0.39 is 20.1 Å². The van der Waals surface area contributed by atoms with Gasteiger partial charge in [-0.2, -0.15) is 4.57 Å². The van der Waals surface area contributed by atoms with Gasteiger partial charge in [-0.25, -0.2) is 21.1 Å². The van der Waals surface area contributed by atoms with Crippen molar-refractivity contribution in [3.05, 3.63) is 53.0 Å². The second kappa shape index (κ2) is 8.26. The minimum Gasteiger partial charge on any atom is -0.744 e. The summed E-state index contributed by atoms with van der Waals surface area (Å²) in [5, 5.41) is 1.15. The van der Waals surface area contributed by atoms with Gasteiger partial charge in [-0.15, -0.1) is 0 Å². The first kappa shape index (κ1) is 22.4. The number of hydrogen-bond acceptors (Lipinski definition) is 6. The SMILES string of the molecule is Cc1ccc(S(=O)(=O)[O-])cc1.Cc1sc2cc(S(=O)(=O)N(C)C)ccc2[n+]1C. The zero-order valence-corrected chi connectivity index (χ0v) is 18.7. The Labute approximate surface area is 169 Å². The average Bonchev–Trinajstić information content (AvgIpc) is 2.88. The fourth-order valence-corrected chi connectivity index (χ4v) is 4.85.